The van der Waals surface area contributed by atoms with Gasteiger partial charge in [-0.15, -0.1) is 0 Å². The SMILES string of the molecule is CC(C)NCCCn1ccc2cc(OC(C)C)ccc21. The van der Waals surface area contributed by atoms with E-state index in [0.29, 0.717) is 6.04 Å². The zero-order chi connectivity index (χ0) is 14.5. The summed E-state index contributed by atoms with van der Waals surface area (Å²) in [5.74, 6) is 0.951. The molecule has 0 aliphatic heterocycles. The molecule has 1 heterocycles. The molecule has 1 N–H and O–H groups in total. The molecule has 0 unspecified atom stereocenters. The van der Waals surface area contributed by atoms with Crippen molar-refractivity contribution < 1.29 is 4.74 Å². The number of hydrogen-bond donors (Lipinski definition) is 1. The van der Waals surface area contributed by atoms with Crippen molar-refractivity contribution in [2.75, 3.05) is 6.54 Å². The van der Waals surface area contributed by atoms with Gasteiger partial charge in [-0.25, -0.2) is 0 Å². The van der Waals surface area contributed by atoms with E-state index in [1.807, 2.05) is 0 Å². The van der Waals surface area contributed by atoms with E-state index in [1.165, 1.54) is 10.9 Å². The number of nitrogens with zero attached hydrogens (tertiary/aromatic N) is 1. The van der Waals surface area contributed by atoms with Gasteiger partial charge >= 0.3 is 0 Å². The predicted octanol–water partition coefficient (Wildman–Crippen LogP) is 3.82. The van der Waals surface area contributed by atoms with E-state index >= 15 is 0 Å². The lowest BCUT2D eigenvalue weighted by atomic mass is 10.2. The monoisotopic (exact) mass is 274 g/mol. The molecule has 0 radical (unpaired) electrons. The van der Waals surface area contributed by atoms with Crippen molar-refractivity contribution in [2.24, 2.45) is 0 Å². The maximum absolute atomic E-state index is 5.74. The maximum Gasteiger partial charge on any atom is 0.120 e. The molecule has 0 saturated carbocycles. The average Bonchev–Trinajstić information content (AvgIpc) is 2.76. The summed E-state index contributed by atoms with van der Waals surface area (Å²) in [6.45, 7) is 10.6. The smallest absolute Gasteiger partial charge is 0.120 e. The highest BCUT2D eigenvalue weighted by molar-refractivity contribution is 5.81. The molecule has 1 aromatic carbocycles. The van der Waals surface area contributed by atoms with E-state index < -0.39 is 0 Å². The molecule has 110 valence electrons. The first kappa shape index (κ1) is 14.9. The van der Waals surface area contributed by atoms with Gasteiger partial charge in [0.2, 0.25) is 0 Å². The summed E-state index contributed by atoms with van der Waals surface area (Å²) in [7, 11) is 0. The van der Waals surface area contributed by atoms with E-state index in [0.717, 1.165) is 25.3 Å². The van der Waals surface area contributed by atoms with Crippen LogP contribution in [0.15, 0.2) is 30.5 Å². The third-order valence-electron chi connectivity index (χ3n) is 3.24. The highest BCUT2D eigenvalue weighted by atomic mass is 16.5. The predicted molar refractivity (Wildman–Crippen MR) is 85.5 cm³/mol. The zero-order valence-electron chi connectivity index (χ0n) is 13.0. The Bertz CT molecular complexity index is 543. The minimum atomic E-state index is 0.219. The molecule has 2 rings (SSSR count). The lowest BCUT2D eigenvalue weighted by molar-refractivity contribution is 0.243. The van der Waals surface area contributed by atoms with E-state index in [4.69, 9.17) is 4.74 Å². The topological polar surface area (TPSA) is 26.2 Å². The molecule has 0 fully saturated rings. The molecule has 3 heteroatoms. The van der Waals surface area contributed by atoms with Crippen LogP contribution in [0.25, 0.3) is 10.9 Å². The van der Waals surface area contributed by atoms with Crippen molar-refractivity contribution in [1.82, 2.24) is 9.88 Å². The number of hydrogen-bond acceptors (Lipinski definition) is 2. The third-order valence-corrected chi connectivity index (χ3v) is 3.24. The second-order valence-electron chi connectivity index (χ2n) is 5.86. The Hall–Kier alpha value is -1.48. The van der Waals surface area contributed by atoms with Crippen LogP contribution < -0.4 is 10.1 Å². The van der Waals surface area contributed by atoms with Gasteiger partial charge in [0.25, 0.3) is 0 Å². The highest BCUT2D eigenvalue weighted by Crippen LogP contribution is 2.23. The van der Waals surface area contributed by atoms with Gasteiger partial charge in [0.1, 0.15) is 5.75 Å². The van der Waals surface area contributed by atoms with Gasteiger partial charge < -0.3 is 14.6 Å². The fraction of sp³-hybridized carbons (Fsp3) is 0.529. The van der Waals surface area contributed by atoms with Crippen LogP contribution in [0, 0.1) is 0 Å². The summed E-state index contributed by atoms with van der Waals surface area (Å²) in [5, 5.41) is 4.70. The molecular weight excluding hydrogens is 248 g/mol. The largest absolute Gasteiger partial charge is 0.491 e. The van der Waals surface area contributed by atoms with Crippen LogP contribution in [0.3, 0.4) is 0 Å². The first-order chi connectivity index (χ1) is 9.56. The standard InChI is InChI=1S/C17H26N2O/c1-13(2)18-9-5-10-19-11-8-15-12-16(20-14(3)4)6-7-17(15)19/h6-8,11-14,18H,5,9-10H2,1-4H3. The third kappa shape index (κ3) is 4.01. The Kier molecular flexibility index (Phi) is 5.07. The molecule has 0 spiro atoms. The van der Waals surface area contributed by atoms with Crippen molar-refractivity contribution in [3.05, 3.63) is 30.5 Å². The van der Waals surface area contributed by atoms with Gasteiger partial charge in [0, 0.05) is 29.7 Å². The molecule has 3 nitrogen and oxygen atoms in total. The second kappa shape index (κ2) is 6.80. The Morgan fingerprint density at radius 3 is 2.65 bits per heavy atom. The van der Waals surface area contributed by atoms with Crippen molar-refractivity contribution in [1.29, 1.82) is 0 Å². The lowest BCUT2D eigenvalue weighted by Gasteiger charge is -2.11. The van der Waals surface area contributed by atoms with Gasteiger partial charge in [-0.05, 0) is 51.1 Å². The molecule has 20 heavy (non-hydrogen) atoms. The van der Waals surface area contributed by atoms with Crippen LogP contribution in [0.5, 0.6) is 5.75 Å². The van der Waals surface area contributed by atoms with Crippen LogP contribution in [0.4, 0.5) is 0 Å². The molecule has 0 amide bonds. The number of aromatic nitrogens is 1. The van der Waals surface area contributed by atoms with E-state index in [2.05, 4.69) is 68.0 Å². The first-order valence-electron chi connectivity index (χ1n) is 7.55. The summed E-state index contributed by atoms with van der Waals surface area (Å²) in [6, 6.07) is 9.07. The second-order valence-corrected chi connectivity index (χ2v) is 5.86. The fourth-order valence-electron chi connectivity index (χ4n) is 2.36. The van der Waals surface area contributed by atoms with Crippen LogP contribution in [-0.2, 0) is 6.54 Å². The number of rotatable bonds is 7. The van der Waals surface area contributed by atoms with Crippen molar-refractivity contribution in [3.8, 4) is 5.75 Å². The summed E-state index contributed by atoms with van der Waals surface area (Å²) < 4.78 is 8.05. The number of fused-ring (bicyclic) bond motifs is 1. The quantitative estimate of drug-likeness (QED) is 0.777. The molecule has 0 bridgehead atoms. The Morgan fingerprint density at radius 1 is 1.15 bits per heavy atom. The normalized spacial score (nSPS) is 11.7. The van der Waals surface area contributed by atoms with Crippen LogP contribution in [0.1, 0.15) is 34.1 Å². The van der Waals surface area contributed by atoms with Gasteiger partial charge in [-0.3, -0.25) is 0 Å². The van der Waals surface area contributed by atoms with Crippen molar-refractivity contribution in [2.45, 2.75) is 52.8 Å². The summed E-state index contributed by atoms with van der Waals surface area (Å²) in [4.78, 5) is 0. The molecule has 0 atom stereocenters. The zero-order valence-corrected chi connectivity index (χ0v) is 13.0. The van der Waals surface area contributed by atoms with Crippen molar-refractivity contribution >= 4 is 10.9 Å². The van der Waals surface area contributed by atoms with E-state index in [-0.39, 0.29) is 6.10 Å². The Labute approximate surface area is 121 Å². The molecule has 0 saturated heterocycles. The van der Waals surface area contributed by atoms with Gasteiger partial charge in [0.15, 0.2) is 0 Å². The number of aryl methyl sites for hydroxylation is 1. The number of ether oxygens (including phenoxy) is 1. The molecule has 1 aromatic heterocycles. The van der Waals surface area contributed by atoms with Crippen LogP contribution >= 0.6 is 0 Å². The van der Waals surface area contributed by atoms with Crippen LogP contribution in [0.2, 0.25) is 0 Å². The minimum absolute atomic E-state index is 0.219. The Balaban J connectivity index is 2.01. The fourth-order valence-corrected chi connectivity index (χ4v) is 2.36. The Morgan fingerprint density at radius 2 is 1.95 bits per heavy atom. The lowest BCUT2D eigenvalue weighted by Crippen LogP contribution is -2.24. The van der Waals surface area contributed by atoms with Gasteiger partial charge in [-0.1, -0.05) is 13.8 Å². The number of benzene rings is 1. The van der Waals surface area contributed by atoms with Crippen LogP contribution in [-0.4, -0.2) is 23.3 Å². The molecule has 0 aliphatic carbocycles. The summed E-state index contributed by atoms with van der Waals surface area (Å²) in [6.07, 6.45) is 3.53. The minimum Gasteiger partial charge on any atom is -0.491 e. The molecule has 0 aliphatic rings. The first-order valence-corrected chi connectivity index (χ1v) is 7.55. The molecular formula is C17H26N2O. The van der Waals surface area contributed by atoms with E-state index in [1.54, 1.807) is 0 Å². The summed E-state index contributed by atoms with van der Waals surface area (Å²) >= 11 is 0. The maximum atomic E-state index is 5.74. The highest BCUT2D eigenvalue weighted by Gasteiger charge is 2.04. The van der Waals surface area contributed by atoms with E-state index in [9.17, 15) is 0 Å². The summed E-state index contributed by atoms with van der Waals surface area (Å²) in [5.41, 5.74) is 1.28. The van der Waals surface area contributed by atoms with Gasteiger partial charge in [-0.2, -0.15) is 0 Å². The molecule has 2 aromatic rings. The number of nitrogens with one attached hydrogen (secondary N) is 1. The van der Waals surface area contributed by atoms with Gasteiger partial charge in [0.05, 0.1) is 6.10 Å². The van der Waals surface area contributed by atoms with Crippen molar-refractivity contribution in [3.63, 3.8) is 0 Å². The average molecular weight is 274 g/mol.